The Balaban J connectivity index is 2.33. The van der Waals surface area contributed by atoms with Gasteiger partial charge in [-0.05, 0) is 30.5 Å². The number of aliphatic carboxylic acids is 1. The Morgan fingerprint density at radius 2 is 1.88 bits per heavy atom. The average Bonchev–Trinajstić information content (AvgIpc) is 2.49. The summed E-state index contributed by atoms with van der Waals surface area (Å²) in [5.41, 5.74) is -0.628. The van der Waals surface area contributed by atoms with Crippen LogP contribution in [0.1, 0.15) is 26.3 Å². The summed E-state index contributed by atoms with van der Waals surface area (Å²) in [5.74, 6) is -3.55. The van der Waals surface area contributed by atoms with E-state index < -0.39 is 35.0 Å². The molecule has 1 aromatic carbocycles. The van der Waals surface area contributed by atoms with Gasteiger partial charge in [0.25, 0.3) is 5.56 Å². The second-order valence-electron chi connectivity index (χ2n) is 5.74. The first-order valence-electron chi connectivity index (χ1n) is 7.36. The molecule has 24 heavy (non-hydrogen) atoms. The van der Waals surface area contributed by atoms with Crippen LogP contribution in [0.5, 0.6) is 11.5 Å². The van der Waals surface area contributed by atoms with Gasteiger partial charge in [0.2, 0.25) is 0 Å². The number of carbonyl (C=O) groups is 1. The molecule has 0 saturated carbocycles. The normalized spacial score (nSPS) is 12.2. The van der Waals surface area contributed by atoms with Crippen LogP contribution < -0.4 is 10.3 Å². The fourth-order valence-electron chi connectivity index (χ4n) is 2.27. The number of pyridine rings is 1. The topological polar surface area (TPSA) is 68.5 Å². The third kappa shape index (κ3) is 3.98. The number of carboxylic acid groups (broad SMARTS) is 1. The number of hydrogen-bond acceptors (Lipinski definition) is 3. The molecule has 0 radical (unpaired) electrons. The van der Waals surface area contributed by atoms with E-state index in [-0.39, 0.29) is 18.1 Å². The first-order chi connectivity index (χ1) is 11.3. The van der Waals surface area contributed by atoms with Gasteiger partial charge in [-0.25, -0.2) is 13.6 Å². The van der Waals surface area contributed by atoms with Gasteiger partial charge in [0.05, 0.1) is 0 Å². The predicted octanol–water partition coefficient (Wildman–Crippen LogP) is 3.59. The first kappa shape index (κ1) is 17.7. The molecule has 1 unspecified atom stereocenters. The molecule has 0 fully saturated rings. The molecule has 2 aromatic rings. The molecule has 0 amide bonds. The van der Waals surface area contributed by atoms with Crippen molar-refractivity contribution in [3.63, 3.8) is 0 Å². The lowest BCUT2D eigenvalue weighted by Crippen LogP contribution is -2.30. The number of ether oxygens (including phenoxy) is 1. The van der Waals surface area contributed by atoms with Crippen molar-refractivity contribution in [2.75, 3.05) is 0 Å². The van der Waals surface area contributed by atoms with E-state index in [9.17, 15) is 23.5 Å². The fraction of sp³-hybridized carbons (Fsp3) is 0.294. The predicted molar refractivity (Wildman–Crippen MR) is 83.3 cm³/mol. The summed E-state index contributed by atoms with van der Waals surface area (Å²) < 4.78 is 33.3. The lowest BCUT2D eigenvalue weighted by atomic mass is 10.0. The quantitative estimate of drug-likeness (QED) is 0.875. The molecule has 1 atom stereocenters. The number of benzene rings is 1. The Morgan fingerprint density at radius 1 is 1.25 bits per heavy atom. The molecule has 1 heterocycles. The Bertz CT molecular complexity index is 781. The van der Waals surface area contributed by atoms with Crippen LogP contribution in [0.4, 0.5) is 8.78 Å². The third-order valence-corrected chi connectivity index (χ3v) is 3.37. The van der Waals surface area contributed by atoms with E-state index in [2.05, 4.69) is 0 Å². The summed E-state index contributed by atoms with van der Waals surface area (Å²) in [4.78, 5) is 23.5. The van der Waals surface area contributed by atoms with Crippen molar-refractivity contribution in [1.82, 2.24) is 4.57 Å². The molecule has 2 rings (SSSR count). The van der Waals surface area contributed by atoms with Gasteiger partial charge in [-0.15, -0.1) is 0 Å². The highest BCUT2D eigenvalue weighted by Gasteiger charge is 2.22. The summed E-state index contributed by atoms with van der Waals surface area (Å²) in [7, 11) is 0. The minimum atomic E-state index is -1.13. The van der Waals surface area contributed by atoms with Gasteiger partial charge in [-0.3, -0.25) is 4.79 Å². The van der Waals surface area contributed by atoms with Crippen molar-refractivity contribution in [3.05, 3.63) is 58.5 Å². The number of para-hydroxylation sites is 1. The van der Waals surface area contributed by atoms with Crippen molar-refractivity contribution in [2.24, 2.45) is 5.92 Å². The first-order valence-corrected chi connectivity index (χ1v) is 7.36. The van der Waals surface area contributed by atoms with E-state index in [1.807, 2.05) is 13.8 Å². The highest BCUT2D eigenvalue weighted by atomic mass is 19.1. The Hall–Kier alpha value is -2.70. The zero-order valence-corrected chi connectivity index (χ0v) is 13.2. The standard InChI is InChI=1S/C17H17F2NO4/c1-10(2)8-14(17(22)23)20-7-6-11(9-15(20)21)24-16-12(18)4-3-5-13(16)19/h3-7,9-10,14H,8H2,1-2H3,(H,22,23). The number of hydrogen-bond donors (Lipinski definition) is 1. The summed E-state index contributed by atoms with van der Waals surface area (Å²) in [6.07, 6.45) is 1.52. The second-order valence-corrected chi connectivity index (χ2v) is 5.74. The Labute approximate surface area is 137 Å². The Kier molecular flexibility index (Phi) is 5.33. The molecule has 0 aliphatic carbocycles. The van der Waals surface area contributed by atoms with Crippen LogP contribution in [0, 0.1) is 17.6 Å². The van der Waals surface area contributed by atoms with Crippen LogP contribution in [0.2, 0.25) is 0 Å². The molecule has 0 aliphatic rings. The highest BCUT2D eigenvalue weighted by Crippen LogP contribution is 2.27. The molecular formula is C17H17F2NO4. The van der Waals surface area contributed by atoms with Crippen molar-refractivity contribution < 1.29 is 23.4 Å². The van der Waals surface area contributed by atoms with Crippen LogP contribution in [0.3, 0.4) is 0 Å². The molecule has 1 N–H and O–H groups in total. The Morgan fingerprint density at radius 3 is 2.38 bits per heavy atom. The van der Waals surface area contributed by atoms with Crippen LogP contribution in [-0.2, 0) is 4.79 Å². The van der Waals surface area contributed by atoms with Gasteiger partial charge in [-0.2, -0.15) is 0 Å². The molecular weight excluding hydrogens is 320 g/mol. The third-order valence-electron chi connectivity index (χ3n) is 3.37. The largest absolute Gasteiger partial charge is 0.480 e. The zero-order chi connectivity index (χ0) is 17.9. The van der Waals surface area contributed by atoms with Crippen molar-refractivity contribution >= 4 is 5.97 Å². The number of halogens is 2. The summed E-state index contributed by atoms with van der Waals surface area (Å²) in [5, 5.41) is 9.29. The van der Waals surface area contributed by atoms with Crippen molar-refractivity contribution in [3.8, 4) is 11.5 Å². The van der Waals surface area contributed by atoms with E-state index in [4.69, 9.17) is 4.74 Å². The molecule has 1 aromatic heterocycles. The van der Waals surface area contributed by atoms with Gasteiger partial charge < -0.3 is 14.4 Å². The summed E-state index contributed by atoms with van der Waals surface area (Å²) in [6, 6.07) is 4.53. The van der Waals surface area contributed by atoms with Crippen molar-refractivity contribution in [2.45, 2.75) is 26.3 Å². The molecule has 0 bridgehead atoms. The van der Waals surface area contributed by atoms with Gasteiger partial charge in [0.1, 0.15) is 11.8 Å². The molecule has 7 heteroatoms. The fourth-order valence-corrected chi connectivity index (χ4v) is 2.27. The number of rotatable bonds is 6. The van der Waals surface area contributed by atoms with Crippen LogP contribution in [-0.4, -0.2) is 15.6 Å². The lowest BCUT2D eigenvalue weighted by molar-refractivity contribution is -0.141. The van der Waals surface area contributed by atoms with E-state index in [0.29, 0.717) is 0 Å². The van der Waals surface area contributed by atoms with Gasteiger partial charge >= 0.3 is 5.97 Å². The van der Waals surface area contributed by atoms with Crippen LogP contribution in [0.15, 0.2) is 41.3 Å². The van der Waals surface area contributed by atoms with Gasteiger partial charge in [-0.1, -0.05) is 19.9 Å². The molecule has 0 aliphatic heterocycles. The molecule has 5 nitrogen and oxygen atoms in total. The minimum Gasteiger partial charge on any atom is -0.480 e. The van der Waals surface area contributed by atoms with E-state index in [0.717, 1.165) is 22.8 Å². The minimum absolute atomic E-state index is 0.0708. The maximum atomic E-state index is 13.6. The number of nitrogens with zero attached hydrogens (tertiary/aromatic N) is 1. The van der Waals surface area contributed by atoms with Crippen molar-refractivity contribution in [1.29, 1.82) is 0 Å². The molecule has 0 spiro atoms. The maximum absolute atomic E-state index is 13.6. The number of carboxylic acids is 1. The molecule has 128 valence electrons. The highest BCUT2D eigenvalue weighted by molar-refractivity contribution is 5.71. The number of aromatic nitrogens is 1. The van der Waals surface area contributed by atoms with Gasteiger partial charge in [0.15, 0.2) is 17.4 Å². The SMILES string of the molecule is CC(C)CC(C(=O)O)n1ccc(Oc2c(F)cccc2F)cc1=O. The monoisotopic (exact) mass is 337 g/mol. The smallest absolute Gasteiger partial charge is 0.326 e. The van der Waals surface area contributed by atoms with Crippen LogP contribution >= 0.6 is 0 Å². The molecule has 0 saturated heterocycles. The average molecular weight is 337 g/mol. The zero-order valence-electron chi connectivity index (χ0n) is 13.2. The van der Waals surface area contributed by atoms with E-state index in [1.54, 1.807) is 0 Å². The summed E-state index contributed by atoms with van der Waals surface area (Å²) >= 11 is 0. The lowest BCUT2D eigenvalue weighted by Gasteiger charge is -2.18. The van der Waals surface area contributed by atoms with Crippen LogP contribution in [0.25, 0.3) is 0 Å². The summed E-state index contributed by atoms with van der Waals surface area (Å²) in [6.45, 7) is 3.69. The second kappa shape index (κ2) is 7.25. The van der Waals surface area contributed by atoms with Gasteiger partial charge in [0, 0.05) is 12.3 Å². The maximum Gasteiger partial charge on any atom is 0.326 e. The van der Waals surface area contributed by atoms with E-state index >= 15 is 0 Å². The van der Waals surface area contributed by atoms with E-state index in [1.165, 1.54) is 18.3 Å².